The summed E-state index contributed by atoms with van der Waals surface area (Å²) < 4.78 is 34.1. The fourth-order valence-corrected chi connectivity index (χ4v) is 3.61. The molecule has 0 aliphatic heterocycles. The number of ether oxygens (including phenoxy) is 1. The van der Waals surface area contributed by atoms with E-state index in [-0.39, 0.29) is 9.96 Å². The molecule has 0 radical (unpaired) electrons. The van der Waals surface area contributed by atoms with Crippen LogP contribution in [-0.2, 0) is 10.1 Å². The monoisotopic (exact) mass is 304 g/mol. The van der Waals surface area contributed by atoms with Crippen LogP contribution in [0.15, 0.2) is 40.6 Å². The lowest BCUT2D eigenvalue weighted by Gasteiger charge is -2.05. The highest BCUT2D eigenvalue weighted by molar-refractivity contribution is 7.89. The molecule has 0 bridgehead atoms. The first-order valence-corrected chi connectivity index (χ1v) is 7.45. The van der Waals surface area contributed by atoms with Crippen molar-refractivity contribution in [3.63, 3.8) is 0 Å². The third-order valence-electron chi connectivity index (χ3n) is 2.06. The van der Waals surface area contributed by atoms with E-state index in [1.54, 1.807) is 12.1 Å². The summed E-state index contributed by atoms with van der Waals surface area (Å²) in [6, 6.07) is 9.19. The summed E-state index contributed by atoms with van der Waals surface area (Å²) in [5, 5.41) is 0. The lowest BCUT2D eigenvalue weighted by molar-refractivity contribution is 0.413. The van der Waals surface area contributed by atoms with Crippen LogP contribution in [0.4, 0.5) is 0 Å². The van der Waals surface area contributed by atoms with Crippen molar-refractivity contribution in [1.82, 2.24) is 0 Å². The van der Waals surface area contributed by atoms with Gasteiger partial charge in [0.15, 0.2) is 4.21 Å². The SMILES string of the molecule is COc1ccc(OS(=O)(=O)c2ccc(Cl)s2)cc1. The molecule has 2 rings (SSSR count). The van der Waals surface area contributed by atoms with Crippen molar-refractivity contribution in [3.05, 3.63) is 40.7 Å². The fourth-order valence-electron chi connectivity index (χ4n) is 1.23. The molecule has 0 amide bonds. The van der Waals surface area contributed by atoms with Crippen molar-refractivity contribution in [3.8, 4) is 11.5 Å². The molecule has 2 aromatic rings. The minimum Gasteiger partial charge on any atom is -0.497 e. The summed E-state index contributed by atoms with van der Waals surface area (Å²) in [6.45, 7) is 0. The topological polar surface area (TPSA) is 52.6 Å². The van der Waals surface area contributed by atoms with Gasteiger partial charge in [0.05, 0.1) is 11.4 Å². The highest BCUT2D eigenvalue weighted by Gasteiger charge is 2.19. The molecule has 96 valence electrons. The molecule has 1 heterocycles. The van der Waals surface area contributed by atoms with E-state index in [9.17, 15) is 8.42 Å². The highest BCUT2D eigenvalue weighted by atomic mass is 35.5. The third kappa shape index (κ3) is 2.95. The van der Waals surface area contributed by atoms with Crippen LogP contribution in [0.2, 0.25) is 4.34 Å². The van der Waals surface area contributed by atoms with Crippen LogP contribution >= 0.6 is 22.9 Å². The third-order valence-corrected chi connectivity index (χ3v) is 4.99. The second-order valence-corrected chi connectivity index (χ2v) is 6.76. The molecule has 0 spiro atoms. The minimum atomic E-state index is -3.82. The van der Waals surface area contributed by atoms with Crippen LogP contribution in [0.25, 0.3) is 0 Å². The van der Waals surface area contributed by atoms with Gasteiger partial charge in [0.2, 0.25) is 0 Å². The van der Waals surface area contributed by atoms with Crippen LogP contribution in [0.5, 0.6) is 11.5 Å². The smallest absolute Gasteiger partial charge is 0.348 e. The molecular weight excluding hydrogens is 296 g/mol. The maximum absolute atomic E-state index is 11.9. The molecule has 0 aliphatic carbocycles. The van der Waals surface area contributed by atoms with Gasteiger partial charge in [-0.3, -0.25) is 0 Å². The maximum Gasteiger partial charge on any atom is 0.348 e. The molecule has 7 heteroatoms. The summed E-state index contributed by atoms with van der Waals surface area (Å²) in [5.74, 6) is 0.847. The van der Waals surface area contributed by atoms with E-state index in [1.807, 2.05) is 0 Å². The Labute approximate surface area is 114 Å². The molecule has 0 N–H and O–H groups in total. The van der Waals surface area contributed by atoms with E-state index in [0.29, 0.717) is 10.1 Å². The summed E-state index contributed by atoms with van der Waals surface area (Å²) >= 11 is 6.64. The van der Waals surface area contributed by atoms with Crippen molar-refractivity contribution in [1.29, 1.82) is 0 Å². The first-order valence-electron chi connectivity index (χ1n) is 4.85. The lowest BCUT2D eigenvalue weighted by atomic mass is 10.3. The van der Waals surface area contributed by atoms with Crippen molar-refractivity contribution in [2.75, 3.05) is 7.11 Å². The molecule has 0 saturated heterocycles. The number of benzene rings is 1. The quantitative estimate of drug-likeness (QED) is 0.814. The van der Waals surface area contributed by atoms with E-state index in [4.69, 9.17) is 20.5 Å². The van der Waals surface area contributed by atoms with Gasteiger partial charge in [0, 0.05) is 0 Å². The van der Waals surface area contributed by atoms with Crippen LogP contribution < -0.4 is 8.92 Å². The number of methoxy groups -OCH3 is 1. The second-order valence-electron chi connectivity index (χ2n) is 3.27. The average Bonchev–Trinajstić information content (AvgIpc) is 2.77. The number of halogens is 1. The Kier molecular flexibility index (Phi) is 3.79. The van der Waals surface area contributed by atoms with Gasteiger partial charge in [0.25, 0.3) is 0 Å². The normalized spacial score (nSPS) is 11.2. The van der Waals surface area contributed by atoms with Crippen LogP contribution in [0.3, 0.4) is 0 Å². The summed E-state index contributed by atoms with van der Waals surface area (Å²) in [7, 11) is -2.29. The molecule has 1 aromatic carbocycles. The molecule has 18 heavy (non-hydrogen) atoms. The van der Waals surface area contributed by atoms with E-state index >= 15 is 0 Å². The number of hydrogen-bond acceptors (Lipinski definition) is 5. The fraction of sp³-hybridized carbons (Fsp3) is 0.0909. The first-order chi connectivity index (χ1) is 8.51. The van der Waals surface area contributed by atoms with Crippen molar-refractivity contribution in [2.24, 2.45) is 0 Å². The second kappa shape index (κ2) is 5.17. The predicted octanol–water partition coefficient (Wildman–Crippen LogP) is 3.18. The summed E-state index contributed by atoms with van der Waals surface area (Å²) in [4.78, 5) is 0. The number of thiophene rings is 1. The van der Waals surface area contributed by atoms with Gasteiger partial charge >= 0.3 is 10.1 Å². The van der Waals surface area contributed by atoms with Crippen LogP contribution in [0, 0.1) is 0 Å². The molecule has 0 saturated carbocycles. The summed E-state index contributed by atoms with van der Waals surface area (Å²) in [5.41, 5.74) is 0. The van der Waals surface area contributed by atoms with Gasteiger partial charge in [0.1, 0.15) is 11.5 Å². The molecule has 1 aromatic heterocycles. The molecule has 0 atom stereocenters. The Morgan fingerprint density at radius 1 is 1.06 bits per heavy atom. The zero-order valence-electron chi connectivity index (χ0n) is 9.29. The van der Waals surface area contributed by atoms with Crippen LogP contribution in [0.1, 0.15) is 0 Å². The van der Waals surface area contributed by atoms with Gasteiger partial charge in [-0.2, -0.15) is 8.42 Å². The standard InChI is InChI=1S/C11H9ClO4S2/c1-15-8-2-4-9(5-3-8)16-18(13,14)11-7-6-10(12)17-11/h2-7H,1H3. The Bertz CT molecular complexity index is 631. The van der Waals surface area contributed by atoms with E-state index < -0.39 is 10.1 Å². The van der Waals surface area contributed by atoms with Crippen molar-refractivity contribution < 1.29 is 17.3 Å². The first kappa shape index (κ1) is 13.2. The van der Waals surface area contributed by atoms with Gasteiger partial charge in [-0.25, -0.2) is 0 Å². The predicted molar refractivity (Wildman–Crippen MR) is 70.1 cm³/mol. The zero-order valence-corrected chi connectivity index (χ0v) is 11.7. The van der Waals surface area contributed by atoms with Gasteiger partial charge < -0.3 is 8.92 Å². The summed E-state index contributed by atoms with van der Waals surface area (Å²) in [6.07, 6.45) is 0. The van der Waals surface area contributed by atoms with Gasteiger partial charge in [-0.1, -0.05) is 11.6 Å². The van der Waals surface area contributed by atoms with Gasteiger partial charge in [-0.15, -0.1) is 11.3 Å². The Balaban J connectivity index is 2.22. The van der Waals surface area contributed by atoms with E-state index in [1.165, 1.54) is 31.4 Å². The molecule has 4 nitrogen and oxygen atoms in total. The largest absolute Gasteiger partial charge is 0.497 e. The molecule has 0 unspecified atom stereocenters. The molecule has 0 aliphatic rings. The number of hydrogen-bond donors (Lipinski definition) is 0. The van der Waals surface area contributed by atoms with Crippen LogP contribution in [-0.4, -0.2) is 15.5 Å². The van der Waals surface area contributed by atoms with Gasteiger partial charge in [-0.05, 0) is 36.4 Å². The molecule has 0 fully saturated rings. The highest BCUT2D eigenvalue weighted by Crippen LogP contribution is 2.28. The minimum absolute atomic E-state index is 0.0725. The van der Waals surface area contributed by atoms with E-state index in [2.05, 4.69) is 0 Å². The van der Waals surface area contributed by atoms with E-state index in [0.717, 1.165) is 11.3 Å². The molecular formula is C11H9ClO4S2. The number of rotatable bonds is 4. The zero-order chi connectivity index (χ0) is 13.2. The maximum atomic E-state index is 11.9. The Hall–Kier alpha value is -1.24. The Morgan fingerprint density at radius 3 is 2.17 bits per heavy atom. The average molecular weight is 305 g/mol. The Morgan fingerprint density at radius 2 is 1.67 bits per heavy atom. The lowest BCUT2D eigenvalue weighted by Crippen LogP contribution is -2.07. The van der Waals surface area contributed by atoms with Crippen molar-refractivity contribution >= 4 is 33.1 Å². The van der Waals surface area contributed by atoms with Crippen molar-refractivity contribution in [2.45, 2.75) is 4.21 Å².